The Morgan fingerprint density at radius 3 is 2.84 bits per heavy atom. The number of rotatable bonds is 4. The minimum atomic E-state index is -1.73. The summed E-state index contributed by atoms with van der Waals surface area (Å²) in [4.78, 5) is 22.9. The van der Waals surface area contributed by atoms with Crippen molar-refractivity contribution in [1.29, 1.82) is 0 Å². The first-order chi connectivity index (χ1) is 14.8. The zero-order valence-electron chi connectivity index (χ0n) is 16.5. The molecule has 2 fully saturated rings. The van der Waals surface area contributed by atoms with Crippen LogP contribution in [0.5, 0.6) is 0 Å². The molecule has 0 spiro atoms. The fourth-order valence-corrected chi connectivity index (χ4v) is 4.57. The van der Waals surface area contributed by atoms with E-state index in [1.165, 1.54) is 11.0 Å². The number of nitrogens with zero attached hydrogens (tertiary/aromatic N) is 3. The minimum Gasteiger partial charge on any atom is -0.381 e. The Morgan fingerprint density at radius 1 is 1.29 bits per heavy atom. The van der Waals surface area contributed by atoms with Gasteiger partial charge in [0, 0.05) is 23.8 Å². The molecule has 0 bridgehead atoms. The smallest absolute Gasteiger partial charge is 0.255 e. The number of nitrogens with one attached hydrogen (secondary N) is 2. The maximum atomic E-state index is 15.1. The van der Waals surface area contributed by atoms with Crippen LogP contribution in [0.4, 0.5) is 24.7 Å². The molecule has 2 unspecified atom stereocenters. The van der Waals surface area contributed by atoms with Crippen LogP contribution in [0.3, 0.4) is 0 Å². The van der Waals surface area contributed by atoms with Crippen molar-refractivity contribution in [3.8, 4) is 0 Å². The monoisotopic (exact) mass is 454 g/mol. The van der Waals surface area contributed by atoms with E-state index in [1.54, 1.807) is 0 Å². The maximum Gasteiger partial charge on any atom is 0.255 e. The standard InChI is InChI=1S/C20H22ClF3N6O/c21-11-6-12(22)8-13(7-11)29-20(17-16(24)18(25)28-10-27-17)3-1-5-30(19(20)31)15-9-26-4-2-14(15)23/h6-8,10,14-15,26,29H,1-5,9H2,(H2,25,27,28)/t14?,15?,20-/m1/s1. The van der Waals surface area contributed by atoms with Gasteiger partial charge in [-0.1, -0.05) is 11.6 Å². The zero-order valence-corrected chi connectivity index (χ0v) is 17.3. The topological polar surface area (TPSA) is 96.2 Å². The average molecular weight is 455 g/mol. The van der Waals surface area contributed by atoms with E-state index in [9.17, 15) is 13.6 Å². The Balaban J connectivity index is 1.81. The fraction of sp³-hybridized carbons (Fsp3) is 0.450. The summed E-state index contributed by atoms with van der Waals surface area (Å²) in [6, 6.07) is 2.96. The molecule has 11 heteroatoms. The highest BCUT2D eigenvalue weighted by Crippen LogP contribution is 2.39. The highest BCUT2D eigenvalue weighted by molar-refractivity contribution is 6.30. The first kappa shape index (κ1) is 21.6. The number of anilines is 2. The van der Waals surface area contributed by atoms with Crippen molar-refractivity contribution in [2.45, 2.75) is 37.0 Å². The van der Waals surface area contributed by atoms with Crippen LogP contribution in [0.15, 0.2) is 24.5 Å². The van der Waals surface area contributed by atoms with E-state index < -0.39 is 41.1 Å². The molecule has 31 heavy (non-hydrogen) atoms. The van der Waals surface area contributed by atoms with Gasteiger partial charge in [-0.2, -0.15) is 0 Å². The van der Waals surface area contributed by atoms with E-state index in [2.05, 4.69) is 20.6 Å². The Bertz CT molecular complexity index is 975. The molecule has 4 N–H and O–H groups in total. The molecular weight excluding hydrogens is 433 g/mol. The molecule has 0 aliphatic carbocycles. The van der Waals surface area contributed by atoms with Crippen LogP contribution in [0.25, 0.3) is 0 Å². The van der Waals surface area contributed by atoms with E-state index in [4.69, 9.17) is 17.3 Å². The van der Waals surface area contributed by atoms with Crippen molar-refractivity contribution in [1.82, 2.24) is 20.2 Å². The van der Waals surface area contributed by atoms with Gasteiger partial charge in [-0.25, -0.2) is 23.1 Å². The van der Waals surface area contributed by atoms with Crippen molar-refractivity contribution in [2.24, 2.45) is 0 Å². The van der Waals surface area contributed by atoms with Gasteiger partial charge in [0.2, 0.25) is 0 Å². The first-order valence-corrected chi connectivity index (χ1v) is 10.4. The lowest BCUT2D eigenvalue weighted by molar-refractivity contribution is -0.144. The van der Waals surface area contributed by atoms with Crippen molar-refractivity contribution < 1.29 is 18.0 Å². The zero-order chi connectivity index (χ0) is 22.2. The Hall–Kier alpha value is -2.59. The van der Waals surface area contributed by atoms with Crippen LogP contribution in [-0.4, -0.2) is 52.6 Å². The summed E-state index contributed by atoms with van der Waals surface area (Å²) < 4.78 is 43.7. The Morgan fingerprint density at radius 2 is 2.10 bits per heavy atom. The Labute approximate surface area is 182 Å². The van der Waals surface area contributed by atoms with E-state index in [0.717, 1.165) is 18.5 Å². The van der Waals surface area contributed by atoms with Gasteiger partial charge in [0.25, 0.3) is 5.91 Å². The quantitative estimate of drug-likeness (QED) is 0.657. The molecule has 7 nitrogen and oxygen atoms in total. The third-order valence-electron chi connectivity index (χ3n) is 5.79. The van der Waals surface area contributed by atoms with Crippen LogP contribution in [0.1, 0.15) is 25.0 Å². The largest absolute Gasteiger partial charge is 0.381 e. The second-order valence-corrected chi connectivity index (χ2v) is 8.22. The SMILES string of the molecule is Nc1ncnc([C@]2(Nc3cc(F)cc(Cl)c3)CCCN(C3CNCCC3F)C2=O)c1F. The number of hydrogen-bond donors (Lipinski definition) is 3. The minimum absolute atomic E-state index is 0.0979. The molecule has 1 aromatic heterocycles. The summed E-state index contributed by atoms with van der Waals surface area (Å²) in [7, 11) is 0. The molecule has 0 saturated carbocycles. The third-order valence-corrected chi connectivity index (χ3v) is 6.00. The van der Waals surface area contributed by atoms with Gasteiger partial charge in [0.1, 0.15) is 24.0 Å². The molecule has 2 aromatic rings. The fourth-order valence-electron chi connectivity index (χ4n) is 4.35. The number of benzene rings is 1. The van der Waals surface area contributed by atoms with Gasteiger partial charge in [-0.05, 0) is 44.0 Å². The van der Waals surface area contributed by atoms with Crippen LogP contribution >= 0.6 is 11.6 Å². The number of carbonyl (C=O) groups excluding carboxylic acids is 1. The molecule has 3 heterocycles. The number of nitrogens with two attached hydrogens (primary N) is 1. The van der Waals surface area contributed by atoms with Crippen LogP contribution in [0, 0.1) is 11.6 Å². The normalized spacial score (nSPS) is 26.7. The lowest BCUT2D eigenvalue weighted by Gasteiger charge is -2.46. The summed E-state index contributed by atoms with van der Waals surface area (Å²) in [6.07, 6.45) is 0.686. The lowest BCUT2D eigenvalue weighted by atomic mass is 9.82. The molecule has 3 atom stereocenters. The van der Waals surface area contributed by atoms with Crippen molar-refractivity contribution in [3.63, 3.8) is 0 Å². The second-order valence-electron chi connectivity index (χ2n) is 7.79. The molecule has 1 amide bonds. The predicted molar refractivity (Wildman–Crippen MR) is 110 cm³/mol. The number of halogens is 4. The van der Waals surface area contributed by atoms with Crippen LogP contribution in [-0.2, 0) is 10.3 Å². The van der Waals surface area contributed by atoms with Gasteiger partial charge in [-0.3, -0.25) is 4.79 Å². The number of likely N-dealkylation sites (tertiary alicyclic amines) is 1. The molecule has 4 rings (SSSR count). The average Bonchev–Trinajstić information content (AvgIpc) is 2.72. The van der Waals surface area contributed by atoms with E-state index >= 15 is 4.39 Å². The first-order valence-electron chi connectivity index (χ1n) is 9.98. The van der Waals surface area contributed by atoms with Crippen molar-refractivity contribution in [2.75, 3.05) is 30.7 Å². The molecule has 0 radical (unpaired) electrons. The lowest BCUT2D eigenvalue weighted by Crippen LogP contribution is -2.63. The molecular formula is C20H22ClF3N6O. The Kier molecular flexibility index (Phi) is 5.94. The molecule has 2 saturated heterocycles. The molecule has 2 aliphatic rings. The highest BCUT2D eigenvalue weighted by Gasteiger charge is 2.51. The second kappa shape index (κ2) is 8.51. The molecule has 2 aliphatic heterocycles. The van der Waals surface area contributed by atoms with E-state index in [0.29, 0.717) is 19.5 Å². The van der Waals surface area contributed by atoms with E-state index in [1.807, 2.05) is 0 Å². The number of hydrogen-bond acceptors (Lipinski definition) is 6. The van der Waals surface area contributed by atoms with E-state index in [-0.39, 0.29) is 35.8 Å². The molecule has 1 aromatic carbocycles. The van der Waals surface area contributed by atoms with Crippen LogP contribution in [0.2, 0.25) is 5.02 Å². The number of piperidine rings is 2. The number of aromatic nitrogens is 2. The number of amides is 1. The summed E-state index contributed by atoms with van der Waals surface area (Å²) in [5.74, 6) is -2.57. The van der Waals surface area contributed by atoms with Gasteiger partial charge >= 0.3 is 0 Å². The summed E-state index contributed by atoms with van der Waals surface area (Å²) in [6.45, 7) is 1.10. The summed E-state index contributed by atoms with van der Waals surface area (Å²) in [5.41, 5.74) is 3.81. The predicted octanol–water partition coefficient (Wildman–Crippen LogP) is 2.62. The van der Waals surface area contributed by atoms with Crippen molar-refractivity contribution >= 4 is 29.0 Å². The third kappa shape index (κ3) is 4.01. The maximum absolute atomic E-state index is 15.1. The summed E-state index contributed by atoms with van der Waals surface area (Å²) in [5, 5.41) is 6.14. The van der Waals surface area contributed by atoms with Gasteiger partial charge in [0.15, 0.2) is 17.2 Å². The van der Waals surface area contributed by atoms with Gasteiger partial charge in [-0.15, -0.1) is 0 Å². The number of nitrogen functional groups attached to an aromatic ring is 1. The van der Waals surface area contributed by atoms with Crippen LogP contribution < -0.4 is 16.4 Å². The van der Waals surface area contributed by atoms with Crippen molar-refractivity contribution in [3.05, 3.63) is 46.9 Å². The number of carbonyl (C=O) groups is 1. The van der Waals surface area contributed by atoms with Gasteiger partial charge < -0.3 is 21.3 Å². The van der Waals surface area contributed by atoms with Gasteiger partial charge in [0.05, 0.1) is 6.04 Å². The molecule has 166 valence electrons. The summed E-state index contributed by atoms with van der Waals surface area (Å²) >= 11 is 5.97. The number of alkyl halides is 1. The highest BCUT2D eigenvalue weighted by atomic mass is 35.5.